The summed E-state index contributed by atoms with van der Waals surface area (Å²) in [5, 5.41) is 12.1. The molecule has 4 heterocycles. The maximum atomic E-state index is 5.18. The number of H-pyrrole nitrogens is 1. The van der Waals surface area contributed by atoms with Crippen molar-refractivity contribution in [2.24, 2.45) is 0 Å². The van der Waals surface area contributed by atoms with Gasteiger partial charge in [0.1, 0.15) is 10.0 Å². The average Bonchev–Trinajstić information content (AvgIpc) is 1.72. The number of fused-ring (bicyclic) bond motifs is 6. The normalized spacial score (nSPS) is 10.9. The molecule has 0 saturated carbocycles. The van der Waals surface area contributed by atoms with Crippen molar-refractivity contribution in [2.75, 3.05) is 0 Å². The minimum Gasteiger partial charge on any atom is -0.655 e. The van der Waals surface area contributed by atoms with Crippen molar-refractivity contribution < 1.29 is 52.4 Å². The second-order valence-electron chi connectivity index (χ2n) is 34.1. The Morgan fingerprint density at radius 3 is 0.764 bits per heavy atom. The van der Waals surface area contributed by atoms with E-state index in [9.17, 15) is 0 Å². The first-order chi connectivity index (χ1) is 57.9. The zero-order valence-electron chi connectivity index (χ0n) is 73.3. The molecule has 0 unspecified atom stereocenters. The summed E-state index contributed by atoms with van der Waals surface area (Å²) >= 11 is 3.44. The predicted octanol–water partition coefficient (Wildman–Crippen LogP) is 32.4. The summed E-state index contributed by atoms with van der Waals surface area (Å²) < 4.78 is 2.40. The van der Waals surface area contributed by atoms with Gasteiger partial charge in [-0.25, -0.2) is 9.97 Å². The zero-order valence-corrected chi connectivity index (χ0v) is 79.9. The first kappa shape index (κ1) is 95.4. The molecule has 0 amide bonds. The van der Waals surface area contributed by atoms with Gasteiger partial charge in [-0.3, -0.25) is 0 Å². The molecule has 8 heteroatoms. The van der Waals surface area contributed by atoms with Gasteiger partial charge in [0, 0.05) is 11.3 Å². The molecule has 0 aliphatic heterocycles. The number of thiazole rings is 2. The van der Waals surface area contributed by atoms with Crippen LogP contribution in [-0.2, 0) is 74.1 Å². The molecule has 1 radical (unpaired) electrons. The van der Waals surface area contributed by atoms with Gasteiger partial charge in [-0.1, -0.05) is 228 Å². The van der Waals surface area contributed by atoms with Gasteiger partial charge in [-0.15, -0.1) is 113 Å². The van der Waals surface area contributed by atoms with Crippen molar-refractivity contribution in [3.8, 4) is 43.9 Å². The molecule has 1 N–H and O–H groups in total. The van der Waals surface area contributed by atoms with Gasteiger partial charge >= 0.3 is 52.4 Å². The van der Waals surface area contributed by atoms with Crippen LogP contribution in [0.15, 0.2) is 370 Å². The van der Waals surface area contributed by atoms with Crippen LogP contribution in [-0.4, -0.2) is 15.0 Å². The fraction of sp³-hybridized carbons (Fsp3) is 0.139. The maximum absolute atomic E-state index is 5.18. The van der Waals surface area contributed by atoms with E-state index in [0.717, 1.165) is 82.8 Å². The Labute approximate surface area is 779 Å². The number of hydrogen-bond donors (Lipinski definition) is 1. The van der Waals surface area contributed by atoms with Crippen molar-refractivity contribution >= 4 is 86.2 Å². The van der Waals surface area contributed by atoms with Gasteiger partial charge < -0.3 is 9.97 Å². The smallest absolute Gasteiger partial charge is 0.655 e. The van der Waals surface area contributed by atoms with E-state index in [1.165, 1.54) is 85.9 Å². The topological polar surface area (TPSA) is 55.7 Å². The predicted molar refractivity (Wildman–Crippen MR) is 530 cm³/mol. The molecule has 0 saturated heterocycles. The minimum atomic E-state index is 0. The largest absolute Gasteiger partial charge is 4.00 e. The molecule has 0 bridgehead atoms. The van der Waals surface area contributed by atoms with Crippen LogP contribution in [0.5, 0.6) is 0 Å². The van der Waals surface area contributed by atoms with Gasteiger partial charge in [0.2, 0.25) is 0 Å². The van der Waals surface area contributed by atoms with E-state index in [4.69, 9.17) is 15.0 Å². The van der Waals surface area contributed by atoms with Gasteiger partial charge in [-0.2, -0.15) is 172 Å². The number of nitrogens with one attached hydrogen (secondary N) is 1. The number of aromatic nitrogens is 4. The molecule has 19 aromatic rings. The Morgan fingerprint density at radius 1 is 0.252 bits per heavy atom. The molecule has 0 spiro atoms. The quantitative estimate of drug-likeness (QED) is 0.141. The Bertz CT molecular complexity index is 5580. The number of para-hydroxylation sites is 2. The Balaban J connectivity index is 0.000000179. The summed E-state index contributed by atoms with van der Waals surface area (Å²) in [6, 6.07) is 127. The number of benzene rings is 15. The van der Waals surface area contributed by atoms with E-state index in [1.54, 1.807) is 22.7 Å². The molecule has 123 heavy (non-hydrogen) atoms. The van der Waals surface area contributed by atoms with Crippen LogP contribution in [0.2, 0.25) is 0 Å². The number of rotatable bonds is 4. The Hall–Kier alpha value is -11.5. The summed E-state index contributed by atoms with van der Waals surface area (Å²) in [5.74, 6) is 0. The molecule has 4 aromatic heterocycles. The molecule has 0 fully saturated rings. The van der Waals surface area contributed by atoms with E-state index in [0.29, 0.717) is 0 Å². The summed E-state index contributed by atoms with van der Waals surface area (Å²) in [4.78, 5) is 18.7. The van der Waals surface area contributed by atoms with E-state index in [1.807, 2.05) is 224 Å². The molecule has 15 aromatic carbocycles. The van der Waals surface area contributed by atoms with Gasteiger partial charge in [-0.05, 0) is 153 Å². The summed E-state index contributed by atoms with van der Waals surface area (Å²) in [7, 11) is 0. The molecule has 613 valence electrons. The summed E-state index contributed by atoms with van der Waals surface area (Å²) in [5.41, 5.74) is 21.9. The van der Waals surface area contributed by atoms with Gasteiger partial charge in [0.25, 0.3) is 0 Å². The molecule has 4 nitrogen and oxygen atoms in total. The molecular weight excluding hydrogens is 1680 g/mol. The van der Waals surface area contributed by atoms with Crippen LogP contribution in [0.4, 0.5) is 0 Å². The average molecular weight is 1800 g/mol. The van der Waals surface area contributed by atoms with E-state index < -0.39 is 0 Å². The van der Waals surface area contributed by atoms with Crippen LogP contribution in [0.3, 0.4) is 0 Å². The van der Waals surface area contributed by atoms with Crippen molar-refractivity contribution in [3.63, 3.8) is 0 Å². The number of hydrogen-bond acceptors (Lipinski definition) is 4. The first-order valence-electron chi connectivity index (χ1n) is 41.1. The second-order valence-corrected chi connectivity index (χ2v) is 36.2. The summed E-state index contributed by atoms with van der Waals surface area (Å²) in [6.07, 6.45) is 0. The van der Waals surface area contributed by atoms with Crippen molar-refractivity contribution in [2.45, 2.75) is 105 Å². The van der Waals surface area contributed by atoms with Crippen LogP contribution in [0, 0.1) is 48.5 Å². The van der Waals surface area contributed by atoms with E-state index in [-0.39, 0.29) is 74.1 Å². The van der Waals surface area contributed by atoms with Crippen molar-refractivity contribution in [1.29, 1.82) is 0 Å². The second kappa shape index (κ2) is 44.6. The number of nitrogens with zero attached hydrogens (tertiary/aromatic N) is 3. The fourth-order valence-corrected chi connectivity index (χ4v) is 15.1. The molecule has 19 rings (SSSR count). The molecular formula is C115H112N4S2Zr2-. The van der Waals surface area contributed by atoms with Crippen molar-refractivity contribution in [3.05, 3.63) is 480 Å². The van der Waals surface area contributed by atoms with Crippen molar-refractivity contribution in [1.82, 2.24) is 19.9 Å². The van der Waals surface area contributed by atoms with Crippen LogP contribution < -0.4 is 4.98 Å². The van der Waals surface area contributed by atoms with E-state index in [2.05, 4.69) is 282 Å². The zero-order chi connectivity index (χ0) is 86.3. The Kier molecular flexibility index (Phi) is 34.5. The third kappa shape index (κ3) is 27.8. The minimum absolute atomic E-state index is 0. The molecule has 0 aliphatic carbocycles. The fourth-order valence-electron chi connectivity index (χ4n) is 13.3. The monoisotopic (exact) mass is 1790 g/mol. The number of aromatic amines is 1. The van der Waals surface area contributed by atoms with Crippen LogP contribution in [0.1, 0.15) is 144 Å². The maximum Gasteiger partial charge on any atom is 4.00 e. The molecule has 0 aliphatic rings. The first-order valence-corrected chi connectivity index (χ1v) is 42.7. The van der Waals surface area contributed by atoms with Gasteiger partial charge in [0.15, 0.2) is 0 Å². The molecule has 0 atom stereocenters. The van der Waals surface area contributed by atoms with E-state index >= 15 is 0 Å². The standard InChI is InChI=1S/C33H32N2S.C33H31N2S.7C7H7.2Zr/c2*1-32(2,3)22-13-11-20-17-21-12-14-23(33(4,5)6)19-25(21)30(24(20)18-22)27-15-16-28(34-27)31-35-26-9-7-8-10-29(26)36-31;7*1-7-5-3-2-4-6-7;;/h7-19,34H,1-6H3;7-19H,1-6H3;7*2-6H,1H2;;/q;8*-1;+3;+4. The van der Waals surface area contributed by atoms with Crippen LogP contribution in [0.25, 0.3) is 107 Å². The SMILES string of the molecule is CC(C)(C)c1ccc2cc3ccc(C(C)(C)C)cc3c(-c3ccc(-c4nc5ccccc5s4)[n-]3)c2c1.CC(C)(C)c1ccc2cc3ccc(C(C)(C)C)cc3c(-c3ccc(-c4nc5ccccc5s4)[nH]3)c2c1.[CH2-]c1ccccc1.[CH2-]c1ccccc1.[CH2-]c1ccccc1.[CH2-]c1ccccc1.[CH2-]c1ccccc1.[CH2-]c1ccccc1.[CH2-]c1ccccc1.[Zr+3].[Zr+4]. The van der Waals surface area contributed by atoms with Gasteiger partial charge in [0.05, 0.1) is 26.1 Å². The summed E-state index contributed by atoms with van der Waals surface area (Å²) in [6.45, 7) is 53.4. The van der Waals surface area contributed by atoms with Crippen LogP contribution >= 0.6 is 22.7 Å². The third-order valence-electron chi connectivity index (χ3n) is 20.2. The Morgan fingerprint density at radius 2 is 0.496 bits per heavy atom. The third-order valence-corrected chi connectivity index (χ3v) is 22.3.